The van der Waals surface area contributed by atoms with E-state index < -0.39 is 4.92 Å². The maximum atomic E-state index is 10.8. The molecule has 0 atom stereocenters. The van der Waals surface area contributed by atoms with Crippen molar-refractivity contribution in [1.82, 2.24) is 19.9 Å². The third kappa shape index (κ3) is 5.94. The summed E-state index contributed by atoms with van der Waals surface area (Å²) in [6, 6.07) is 13.9. The van der Waals surface area contributed by atoms with Gasteiger partial charge in [-0.2, -0.15) is 4.98 Å². The largest absolute Gasteiger partial charge is 0.366 e. The van der Waals surface area contributed by atoms with Gasteiger partial charge in [0.25, 0.3) is 5.69 Å². The number of pyridine rings is 1. The van der Waals surface area contributed by atoms with Crippen LogP contribution in [0.3, 0.4) is 0 Å². The van der Waals surface area contributed by atoms with E-state index >= 15 is 0 Å². The first-order chi connectivity index (χ1) is 14.0. The molecule has 0 saturated carbocycles. The summed E-state index contributed by atoms with van der Waals surface area (Å²) in [6.07, 6.45) is 1.72. The van der Waals surface area contributed by atoms with Crippen molar-refractivity contribution in [2.75, 3.05) is 37.8 Å². The Balaban J connectivity index is 1.77. The molecule has 0 saturated heterocycles. The Kier molecular flexibility index (Phi) is 6.64. The van der Waals surface area contributed by atoms with Gasteiger partial charge in [-0.05, 0) is 31.8 Å². The van der Waals surface area contributed by atoms with Crippen LogP contribution in [0.5, 0.6) is 0 Å². The molecule has 0 spiro atoms. The summed E-state index contributed by atoms with van der Waals surface area (Å²) in [5.41, 5.74) is 2.44. The number of nitrogens with one attached hydrogen (secondary N) is 2. The fraction of sp³-hybridized carbons (Fsp3) is 0.250. The third-order valence-electron chi connectivity index (χ3n) is 4.12. The number of nitro groups is 1. The maximum Gasteiger partial charge on any atom is 0.269 e. The lowest BCUT2D eigenvalue weighted by atomic mass is 10.2. The van der Waals surface area contributed by atoms with Crippen molar-refractivity contribution in [1.29, 1.82) is 0 Å². The van der Waals surface area contributed by atoms with E-state index in [0.29, 0.717) is 30.5 Å². The van der Waals surface area contributed by atoms with E-state index in [1.165, 1.54) is 12.1 Å². The predicted molar refractivity (Wildman–Crippen MR) is 113 cm³/mol. The van der Waals surface area contributed by atoms with Gasteiger partial charge < -0.3 is 15.5 Å². The fourth-order valence-corrected chi connectivity index (χ4v) is 2.58. The smallest absolute Gasteiger partial charge is 0.269 e. The molecular weight excluding hydrogens is 370 g/mol. The lowest BCUT2D eigenvalue weighted by Gasteiger charge is -2.13. The second-order valence-electron chi connectivity index (χ2n) is 6.68. The van der Waals surface area contributed by atoms with Crippen LogP contribution in [-0.4, -0.2) is 52.0 Å². The van der Waals surface area contributed by atoms with Crippen LogP contribution in [0.1, 0.15) is 5.56 Å². The van der Waals surface area contributed by atoms with Gasteiger partial charge in [0.05, 0.1) is 16.3 Å². The molecule has 2 aromatic heterocycles. The molecule has 0 aliphatic carbocycles. The molecule has 1 aromatic carbocycles. The molecule has 0 radical (unpaired) electrons. The molecular formula is C20H23N7O2. The molecule has 0 aliphatic rings. The third-order valence-corrected chi connectivity index (χ3v) is 4.12. The number of rotatable bonds is 9. The van der Waals surface area contributed by atoms with E-state index in [4.69, 9.17) is 0 Å². The van der Waals surface area contributed by atoms with Crippen LogP contribution in [0.25, 0.3) is 11.4 Å². The van der Waals surface area contributed by atoms with E-state index in [1.807, 2.05) is 38.4 Å². The summed E-state index contributed by atoms with van der Waals surface area (Å²) in [4.78, 5) is 25.9. The average molecular weight is 393 g/mol. The zero-order valence-corrected chi connectivity index (χ0v) is 16.4. The maximum absolute atomic E-state index is 10.8. The number of non-ortho nitro benzene ring substituents is 1. The number of hydrogen-bond acceptors (Lipinski definition) is 8. The van der Waals surface area contributed by atoms with Crippen molar-refractivity contribution in [3.05, 3.63) is 70.4 Å². The number of nitrogens with zero attached hydrogens (tertiary/aromatic N) is 5. The summed E-state index contributed by atoms with van der Waals surface area (Å²) < 4.78 is 0. The van der Waals surface area contributed by atoms with Crippen LogP contribution in [-0.2, 0) is 6.54 Å². The first kappa shape index (κ1) is 20.2. The topological polar surface area (TPSA) is 109 Å². The first-order valence-electron chi connectivity index (χ1n) is 9.17. The normalized spacial score (nSPS) is 10.7. The summed E-state index contributed by atoms with van der Waals surface area (Å²) in [6.45, 7) is 2.04. The molecule has 3 aromatic rings. The second-order valence-corrected chi connectivity index (χ2v) is 6.68. The Bertz CT molecular complexity index is 947. The number of nitro benzene ring substituents is 1. The molecule has 0 amide bonds. The summed E-state index contributed by atoms with van der Waals surface area (Å²) in [7, 11) is 4.01. The Morgan fingerprint density at radius 3 is 2.48 bits per heavy atom. The molecule has 3 rings (SSSR count). The van der Waals surface area contributed by atoms with Crippen LogP contribution in [0.15, 0.2) is 54.7 Å². The highest BCUT2D eigenvalue weighted by Crippen LogP contribution is 2.20. The summed E-state index contributed by atoms with van der Waals surface area (Å²) in [5, 5.41) is 17.3. The average Bonchev–Trinajstić information content (AvgIpc) is 2.73. The van der Waals surface area contributed by atoms with Crippen LogP contribution >= 0.6 is 0 Å². The van der Waals surface area contributed by atoms with Crippen molar-refractivity contribution in [3.63, 3.8) is 0 Å². The van der Waals surface area contributed by atoms with E-state index in [9.17, 15) is 10.1 Å². The van der Waals surface area contributed by atoms with Crippen molar-refractivity contribution < 1.29 is 4.92 Å². The Hall–Kier alpha value is -3.59. The van der Waals surface area contributed by atoms with E-state index in [2.05, 4.69) is 30.5 Å². The molecule has 2 heterocycles. The summed E-state index contributed by atoms with van der Waals surface area (Å²) >= 11 is 0. The molecule has 9 nitrogen and oxygen atoms in total. The van der Waals surface area contributed by atoms with Gasteiger partial charge in [0.15, 0.2) is 0 Å². The molecule has 0 bridgehead atoms. The lowest BCUT2D eigenvalue weighted by molar-refractivity contribution is -0.384. The minimum atomic E-state index is -0.410. The predicted octanol–water partition coefficient (Wildman–Crippen LogP) is 3.03. The van der Waals surface area contributed by atoms with Gasteiger partial charge in [-0.25, -0.2) is 4.98 Å². The molecule has 29 heavy (non-hydrogen) atoms. The van der Waals surface area contributed by atoms with Gasteiger partial charge in [0.1, 0.15) is 5.82 Å². The zero-order valence-electron chi connectivity index (χ0n) is 16.4. The molecule has 2 N–H and O–H groups in total. The van der Waals surface area contributed by atoms with Gasteiger partial charge in [-0.1, -0.05) is 18.2 Å². The van der Waals surface area contributed by atoms with Gasteiger partial charge in [0.2, 0.25) is 5.95 Å². The minimum absolute atomic E-state index is 0.0700. The first-order valence-corrected chi connectivity index (χ1v) is 9.17. The van der Waals surface area contributed by atoms with Gasteiger partial charge in [-0.3, -0.25) is 15.1 Å². The van der Waals surface area contributed by atoms with Crippen LogP contribution in [0, 0.1) is 10.1 Å². The van der Waals surface area contributed by atoms with E-state index in [1.54, 1.807) is 18.3 Å². The number of likely N-dealkylation sites (N-methyl/N-ethyl adjacent to an activating group) is 1. The fourth-order valence-electron chi connectivity index (χ4n) is 2.58. The Morgan fingerprint density at radius 1 is 1.03 bits per heavy atom. The Labute approximate surface area is 169 Å². The van der Waals surface area contributed by atoms with Crippen LogP contribution in [0.2, 0.25) is 0 Å². The number of anilines is 2. The number of benzene rings is 1. The molecule has 0 unspecified atom stereocenters. The highest BCUT2D eigenvalue weighted by atomic mass is 16.6. The SMILES string of the molecule is CN(C)CCNc1nc(NCc2ccc([N+](=O)[O-])cc2)cc(-c2ccccn2)n1. The Morgan fingerprint density at radius 2 is 1.83 bits per heavy atom. The molecule has 150 valence electrons. The standard InChI is InChI=1S/C20H23N7O2/c1-26(2)12-11-22-20-24-18(17-5-3-4-10-21-17)13-19(25-20)23-14-15-6-8-16(9-7-15)27(28)29/h3-10,13H,11-12,14H2,1-2H3,(H2,22,23,24,25). The monoisotopic (exact) mass is 393 g/mol. The van der Waals surface area contributed by atoms with E-state index in [-0.39, 0.29) is 5.69 Å². The molecule has 0 aliphatic heterocycles. The second kappa shape index (κ2) is 9.56. The highest BCUT2D eigenvalue weighted by Gasteiger charge is 2.09. The van der Waals surface area contributed by atoms with Crippen LogP contribution in [0.4, 0.5) is 17.5 Å². The molecule has 9 heteroatoms. The number of hydrogen-bond donors (Lipinski definition) is 2. The van der Waals surface area contributed by atoms with E-state index in [0.717, 1.165) is 17.8 Å². The highest BCUT2D eigenvalue weighted by molar-refractivity contribution is 5.61. The lowest BCUT2D eigenvalue weighted by Crippen LogP contribution is -2.21. The molecule has 0 fully saturated rings. The van der Waals surface area contributed by atoms with Crippen LogP contribution < -0.4 is 10.6 Å². The van der Waals surface area contributed by atoms with Crippen molar-refractivity contribution in [2.24, 2.45) is 0 Å². The zero-order chi connectivity index (χ0) is 20.6. The van der Waals surface area contributed by atoms with Crippen molar-refractivity contribution >= 4 is 17.5 Å². The minimum Gasteiger partial charge on any atom is -0.366 e. The van der Waals surface area contributed by atoms with Gasteiger partial charge in [0, 0.05) is 44.0 Å². The number of aromatic nitrogens is 3. The van der Waals surface area contributed by atoms with Crippen molar-refractivity contribution in [2.45, 2.75) is 6.54 Å². The quantitative estimate of drug-likeness (QED) is 0.422. The van der Waals surface area contributed by atoms with Crippen molar-refractivity contribution in [3.8, 4) is 11.4 Å². The van der Waals surface area contributed by atoms with Gasteiger partial charge in [-0.15, -0.1) is 0 Å². The van der Waals surface area contributed by atoms with Gasteiger partial charge >= 0.3 is 0 Å². The summed E-state index contributed by atoms with van der Waals surface area (Å²) in [5.74, 6) is 1.16.